The minimum atomic E-state index is -0.696. The molecule has 0 fully saturated rings. The second kappa shape index (κ2) is 11.2. The third-order valence-corrected chi connectivity index (χ3v) is 4.99. The van der Waals surface area contributed by atoms with Crippen molar-refractivity contribution in [1.29, 1.82) is 0 Å². The number of halogens is 1. The highest BCUT2D eigenvalue weighted by atomic mass is 35.5. The lowest BCUT2D eigenvalue weighted by molar-refractivity contribution is -0.118. The van der Waals surface area contributed by atoms with Crippen LogP contribution < -0.4 is 19.5 Å². The summed E-state index contributed by atoms with van der Waals surface area (Å²) in [6.45, 7) is -0.731. The van der Waals surface area contributed by atoms with Crippen molar-refractivity contribution >= 4 is 34.9 Å². The second-order valence-corrected chi connectivity index (χ2v) is 7.49. The van der Waals surface area contributed by atoms with Crippen LogP contribution in [0.25, 0.3) is 0 Å². The summed E-state index contributed by atoms with van der Waals surface area (Å²) in [6.07, 6.45) is 1.73. The Kier molecular flexibility index (Phi) is 8.15. The van der Waals surface area contributed by atoms with Gasteiger partial charge in [-0.15, -0.1) is 0 Å². The van der Waals surface area contributed by atoms with Gasteiger partial charge < -0.3 is 28.8 Å². The van der Waals surface area contributed by atoms with Crippen molar-refractivity contribution in [2.75, 3.05) is 32.8 Å². The maximum absolute atomic E-state index is 12.4. The maximum Gasteiger partial charge on any atom is 0.338 e. The Labute approximate surface area is 201 Å². The quantitative estimate of drug-likeness (QED) is 0.343. The number of ketones is 1. The van der Waals surface area contributed by atoms with Crippen molar-refractivity contribution in [3.05, 3.63) is 71.0 Å². The average Bonchev–Trinajstić information content (AvgIpc) is 3.27. The fourth-order valence-electron chi connectivity index (χ4n) is 3.06. The van der Waals surface area contributed by atoms with Crippen LogP contribution in [-0.2, 0) is 16.6 Å². The number of carbonyl (C=O) groups excluding carboxylic acids is 3. The summed E-state index contributed by atoms with van der Waals surface area (Å²) in [5.74, 6) is -0.564. The van der Waals surface area contributed by atoms with Crippen molar-refractivity contribution in [1.82, 2.24) is 4.57 Å². The number of aryl methyl sites for hydroxylation is 1. The molecule has 0 spiro atoms. The number of Topliss-reactive ketones (excluding diaryl/α,β-unsaturated/α-hetero) is 1. The molecule has 0 saturated carbocycles. The molecule has 0 radical (unpaired) electrons. The van der Waals surface area contributed by atoms with Crippen molar-refractivity contribution in [3.8, 4) is 17.2 Å². The van der Waals surface area contributed by atoms with E-state index in [0.717, 1.165) is 0 Å². The highest BCUT2D eigenvalue weighted by molar-refractivity contribution is 6.31. The Balaban J connectivity index is 1.59. The molecule has 1 N–H and O–H groups in total. The molecule has 178 valence electrons. The van der Waals surface area contributed by atoms with Gasteiger partial charge in [0, 0.05) is 18.3 Å². The summed E-state index contributed by atoms with van der Waals surface area (Å²) >= 11 is 5.97. The molecule has 1 aromatic heterocycles. The SMILES string of the molecule is COc1ccc(Cl)cc1NC(=O)COc1ccc(C(=O)OCC(=O)c2cccn2C)cc1OC. The van der Waals surface area contributed by atoms with Gasteiger partial charge in [0.2, 0.25) is 5.78 Å². The van der Waals surface area contributed by atoms with E-state index in [2.05, 4.69) is 5.32 Å². The van der Waals surface area contributed by atoms with Crippen LogP contribution in [0.4, 0.5) is 5.69 Å². The second-order valence-electron chi connectivity index (χ2n) is 7.05. The summed E-state index contributed by atoms with van der Waals surface area (Å²) in [5.41, 5.74) is 0.998. The number of rotatable bonds is 10. The molecule has 9 nitrogen and oxygen atoms in total. The Morgan fingerprint density at radius 3 is 2.35 bits per heavy atom. The predicted molar refractivity (Wildman–Crippen MR) is 125 cm³/mol. The van der Waals surface area contributed by atoms with Crippen LogP contribution in [0.3, 0.4) is 0 Å². The van der Waals surface area contributed by atoms with Crippen LogP contribution in [0.2, 0.25) is 5.02 Å². The molecular formula is C24H23ClN2O7. The average molecular weight is 487 g/mol. The Morgan fingerprint density at radius 2 is 1.68 bits per heavy atom. The number of nitrogens with one attached hydrogen (secondary N) is 1. The van der Waals surface area contributed by atoms with Gasteiger partial charge in [-0.1, -0.05) is 11.6 Å². The topological polar surface area (TPSA) is 105 Å². The highest BCUT2D eigenvalue weighted by Crippen LogP contribution is 2.30. The Bertz CT molecular complexity index is 1210. The number of hydrogen-bond donors (Lipinski definition) is 1. The monoisotopic (exact) mass is 486 g/mol. The van der Waals surface area contributed by atoms with Gasteiger partial charge in [-0.2, -0.15) is 0 Å². The number of esters is 1. The normalized spacial score (nSPS) is 10.4. The molecule has 0 aliphatic heterocycles. The summed E-state index contributed by atoms with van der Waals surface area (Å²) in [7, 11) is 4.60. The summed E-state index contributed by atoms with van der Waals surface area (Å²) in [4.78, 5) is 36.9. The molecule has 0 aliphatic rings. The highest BCUT2D eigenvalue weighted by Gasteiger charge is 2.17. The zero-order chi connectivity index (χ0) is 24.7. The predicted octanol–water partition coefficient (Wildman–Crippen LogP) is 3.75. The molecular weight excluding hydrogens is 464 g/mol. The van der Waals surface area contributed by atoms with E-state index in [4.69, 9.17) is 30.5 Å². The van der Waals surface area contributed by atoms with Gasteiger partial charge in [-0.25, -0.2) is 4.79 Å². The van der Waals surface area contributed by atoms with E-state index in [1.807, 2.05) is 0 Å². The molecule has 1 heterocycles. The van der Waals surface area contributed by atoms with Gasteiger partial charge in [-0.3, -0.25) is 9.59 Å². The molecule has 0 aliphatic carbocycles. The zero-order valence-corrected chi connectivity index (χ0v) is 19.5. The van der Waals surface area contributed by atoms with Crippen LogP contribution in [0.15, 0.2) is 54.7 Å². The molecule has 34 heavy (non-hydrogen) atoms. The van der Waals surface area contributed by atoms with Gasteiger partial charge >= 0.3 is 5.97 Å². The molecule has 3 aromatic rings. The van der Waals surface area contributed by atoms with E-state index in [9.17, 15) is 14.4 Å². The Hall–Kier alpha value is -3.98. The van der Waals surface area contributed by atoms with Crippen molar-refractivity contribution < 1.29 is 33.3 Å². The van der Waals surface area contributed by atoms with Gasteiger partial charge in [0.15, 0.2) is 24.7 Å². The largest absolute Gasteiger partial charge is 0.495 e. The molecule has 0 saturated heterocycles. The third-order valence-electron chi connectivity index (χ3n) is 4.76. The number of anilines is 1. The van der Waals surface area contributed by atoms with Crippen LogP contribution in [0, 0.1) is 0 Å². The van der Waals surface area contributed by atoms with E-state index in [1.165, 1.54) is 32.4 Å². The number of aromatic nitrogens is 1. The van der Waals surface area contributed by atoms with E-state index in [1.54, 1.807) is 48.1 Å². The Morgan fingerprint density at radius 1 is 0.941 bits per heavy atom. The molecule has 0 bridgehead atoms. The number of nitrogens with zero attached hydrogens (tertiary/aromatic N) is 1. The van der Waals surface area contributed by atoms with Crippen LogP contribution in [0.5, 0.6) is 17.2 Å². The molecule has 10 heteroatoms. The summed E-state index contributed by atoms with van der Waals surface area (Å²) < 4.78 is 22.8. The number of ether oxygens (including phenoxy) is 4. The first-order valence-corrected chi connectivity index (χ1v) is 10.5. The zero-order valence-electron chi connectivity index (χ0n) is 18.8. The van der Waals surface area contributed by atoms with Crippen molar-refractivity contribution in [2.45, 2.75) is 0 Å². The lowest BCUT2D eigenvalue weighted by Crippen LogP contribution is -2.21. The number of hydrogen-bond acceptors (Lipinski definition) is 7. The first-order chi connectivity index (χ1) is 16.3. The first kappa shape index (κ1) is 24.7. The van der Waals surface area contributed by atoms with Crippen LogP contribution >= 0.6 is 11.6 Å². The molecule has 0 atom stereocenters. The molecule has 1 amide bonds. The first-order valence-electron chi connectivity index (χ1n) is 10.1. The number of carbonyl (C=O) groups is 3. The van der Waals surface area contributed by atoms with Gasteiger partial charge in [-0.05, 0) is 48.5 Å². The third kappa shape index (κ3) is 6.08. The van der Waals surface area contributed by atoms with Gasteiger partial charge in [0.1, 0.15) is 5.75 Å². The van der Waals surface area contributed by atoms with Gasteiger partial charge in [0.05, 0.1) is 31.2 Å². The van der Waals surface area contributed by atoms with Crippen LogP contribution in [-0.4, -0.2) is 49.7 Å². The fraction of sp³-hybridized carbons (Fsp3) is 0.208. The fourth-order valence-corrected chi connectivity index (χ4v) is 3.23. The minimum absolute atomic E-state index is 0.164. The summed E-state index contributed by atoms with van der Waals surface area (Å²) in [5, 5.41) is 3.10. The van der Waals surface area contributed by atoms with Crippen molar-refractivity contribution in [2.24, 2.45) is 7.05 Å². The van der Waals surface area contributed by atoms with E-state index in [-0.39, 0.29) is 29.5 Å². The van der Waals surface area contributed by atoms with Crippen LogP contribution in [0.1, 0.15) is 20.8 Å². The number of amides is 1. The summed E-state index contributed by atoms with van der Waals surface area (Å²) in [6, 6.07) is 12.5. The van der Waals surface area contributed by atoms with E-state index in [0.29, 0.717) is 22.2 Å². The molecule has 0 unspecified atom stereocenters. The standard InChI is InChI=1S/C24H23ClN2O7/c1-27-10-4-5-18(27)19(28)13-34-24(30)15-6-8-21(22(11-15)32-3)33-14-23(29)26-17-12-16(25)7-9-20(17)31-2/h4-12H,13-14H2,1-3H3,(H,26,29). The number of methoxy groups -OCH3 is 2. The van der Waals surface area contributed by atoms with Crippen molar-refractivity contribution in [3.63, 3.8) is 0 Å². The van der Waals surface area contributed by atoms with E-state index >= 15 is 0 Å². The lowest BCUT2D eigenvalue weighted by Gasteiger charge is -2.13. The number of benzene rings is 2. The lowest BCUT2D eigenvalue weighted by atomic mass is 10.2. The molecule has 2 aromatic carbocycles. The molecule has 3 rings (SSSR count). The van der Waals surface area contributed by atoms with E-state index < -0.39 is 18.5 Å². The maximum atomic E-state index is 12.4. The van der Waals surface area contributed by atoms with Gasteiger partial charge in [0.25, 0.3) is 5.91 Å². The smallest absolute Gasteiger partial charge is 0.338 e. The minimum Gasteiger partial charge on any atom is -0.495 e.